The summed E-state index contributed by atoms with van der Waals surface area (Å²) in [6, 6.07) is 2.02. The minimum absolute atomic E-state index is 0.00278. The molecule has 2 aromatic carbocycles. The van der Waals surface area contributed by atoms with Gasteiger partial charge in [-0.15, -0.1) is 0 Å². The highest BCUT2D eigenvalue weighted by atomic mass is 16.5. The lowest BCUT2D eigenvalue weighted by molar-refractivity contribution is -0.232. The van der Waals surface area contributed by atoms with Gasteiger partial charge in [-0.25, -0.2) is 0 Å². The number of benzene rings is 2. The molecular weight excluding hydrogens is 488 g/mol. The first kappa shape index (κ1) is 26.8. The zero-order valence-electron chi connectivity index (χ0n) is 20.8. The zero-order chi connectivity index (χ0) is 27.3. The number of phenols is 3. The van der Waals surface area contributed by atoms with Crippen molar-refractivity contribution in [3.63, 3.8) is 0 Å². The smallest absolute Gasteiger partial charge is 0.204 e. The number of hydrogen-bond acceptors (Lipinski definition) is 12. The predicted octanol–water partition coefficient (Wildman–Crippen LogP) is 1.22. The molecule has 202 valence electrons. The Balaban J connectivity index is 2.07. The third-order valence-electron chi connectivity index (χ3n) is 6.27. The normalized spacial score (nSPS) is 24.3. The second-order valence-corrected chi connectivity index (χ2v) is 9.84. The zero-order valence-corrected chi connectivity index (χ0v) is 20.8. The standard InChI is InChI=1S/C25H32N2O10/c1-8(2)26-12-5-10(24-22(35)21(34)20(33)14(7-28)36-24)17(30)15-18(31)11-6-13(29)19(32)16(27-9(3)4)23(11)37-25(12)15/h5-6,8-9,14,20-22,24,26-30,32-35H,7H2,1-4H3/t14?,20-,21+,22?,24+/m1/s1. The lowest BCUT2D eigenvalue weighted by atomic mass is 9.89. The van der Waals surface area contributed by atoms with Crippen LogP contribution in [0.1, 0.15) is 39.4 Å². The van der Waals surface area contributed by atoms with Crippen molar-refractivity contribution in [1.29, 1.82) is 0 Å². The molecule has 12 nitrogen and oxygen atoms in total. The molecule has 0 saturated carbocycles. The topological polar surface area (TPSA) is 205 Å². The number of aromatic hydroxyl groups is 3. The summed E-state index contributed by atoms with van der Waals surface area (Å²) in [5.74, 6) is -1.70. The number of nitrogens with one attached hydrogen (secondary N) is 2. The highest BCUT2D eigenvalue weighted by molar-refractivity contribution is 6.04. The van der Waals surface area contributed by atoms with Crippen molar-refractivity contribution in [2.75, 3.05) is 17.2 Å². The molecule has 4 rings (SSSR count). The summed E-state index contributed by atoms with van der Waals surface area (Å²) < 4.78 is 11.7. The summed E-state index contributed by atoms with van der Waals surface area (Å²) in [5.41, 5.74) is -0.715. The van der Waals surface area contributed by atoms with E-state index < -0.39 is 59.8 Å². The van der Waals surface area contributed by atoms with Crippen LogP contribution >= 0.6 is 0 Å². The van der Waals surface area contributed by atoms with Crippen molar-refractivity contribution in [3.05, 3.63) is 27.9 Å². The fraction of sp³-hybridized carbons (Fsp3) is 0.480. The fourth-order valence-corrected chi connectivity index (χ4v) is 4.56. The van der Waals surface area contributed by atoms with Gasteiger partial charge in [0.15, 0.2) is 22.7 Å². The Morgan fingerprint density at radius 3 is 2.14 bits per heavy atom. The molecule has 0 radical (unpaired) electrons. The van der Waals surface area contributed by atoms with Crippen LogP contribution in [0.15, 0.2) is 21.3 Å². The summed E-state index contributed by atoms with van der Waals surface area (Å²) >= 11 is 0. The Morgan fingerprint density at radius 1 is 0.892 bits per heavy atom. The van der Waals surface area contributed by atoms with E-state index in [1.807, 2.05) is 13.8 Å². The van der Waals surface area contributed by atoms with Gasteiger partial charge >= 0.3 is 0 Å². The van der Waals surface area contributed by atoms with Crippen molar-refractivity contribution in [2.45, 2.75) is 70.3 Å². The maximum atomic E-state index is 13.7. The van der Waals surface area contributed by atoms with E-state index in [1.165, 1.54) is 6.07 Å². The highest BCUT2D eigenvalue weighted by Gasteiger charge is 2.45. The SMILES string of the molecule is CC(C)Nc1c(O)c(O)cc2c(=O)c3c(O)c([C@@H]4OC(CO)[C@@H](O)[C@H](O)C4O)cc(NC(C)C)c3oc12. The van der Waals surface area contributed by atoms with Gasteiger partial charge in [-0.05, 0) is 39.8 Å². The number of anilines is 2. The van der Waals surface area contributed by atoms with Crippen LogP contribution in [0.5, 0.6) is 17.2 Å². The van der Waals surface area contributed by atoms with E-state index in [0.717, 1.165) is 6.07 Å². The van der Waals surface area contributed by atoms with Crippen molar-refractivity contribution >= 4 is 33.3 Å². The Morgan fingerprint density at radius 2 is 1.54 bits per heavy atom. The summed E-state index contributed by atoms with van der Waals surface area (Å²) in [6.07, 6.45) is -7.68. The minimum atomic E-state index is -1.71. The molecule has 0 aliphatic carbocycles. The van der Waals surface area contributed by atoms with Crippen LogP contribution in [0, 0.1) is 0 Å². The van der Waals surface area contributed by atoms with Gasteiger partial charge in [0.25, 0.3) is 0 Å². The van der Waals surface area contributed by atoms with Crippen molar-refractivity contribution < 1.29 is 44.9 Å². The van der Waals surface area contributed by atoms with Crippen molar-refractivity contribution in [2.24, 2.45) is 0 Å². The first-order chi connectivity index (χ1) is 17.4. The van der Waals surface area contributed by atoms with Crippen molar-refractivity contribution in [3.8, 4) is 17.2 Å². The maximum Gasteiger partial charge on any atom is 0.204 e. The van der Waals surface area contributed by atoms with Gasteiger partial charge in [0.2, 0.25) is 5.43 Å². The number of hydrogen-bond donors (Lipinski definition) is 9. The Hall–Kier alpha value is -3.29. The van der Waals surface area contributed by atoms with E-state index in [4.69, 9.17) is 9.15 Å². The van der Waals surface area contributed by atoms with E-state index in [-0.39, 0.29) is 51.0 Å². The number of aliphatic hydroxyl groups excluding tert-OH is 4. The van der Waals surface area contributed by atoms with Crippen molar-refractivity contribution in [1.82, 2.24) is 0 Å². The first-order valence-electron chi connectivity index (χ1n) is 11.9. The Labute approximate surface area is 211 Å². The summed E-state index contributed by atoms with van der Waals surface area (Å²) in [7, 11) is 0. The number of fused-ring (bicyclic) bond motifs is 2. The molecule has 3 aromatic rings. The molecule has 37 heavy (non-hydrogen) atoms. The average Bonchev–Trinajstić information content (AvgIpc) is 2.83. The molecule has 0 amide bonds. The molecular formula is C25H32N2O10. The van der Waals surface area contributed by atoms with E-state index in [0.29, 0.717) is 0 Å². The summed E-state index contributed by atoms with van der Waals surface area (Å²) in [6.45, 7) is 6.55. The Bertz CT molecular complexity index is 1380. The largest absolute Gasteiger partial charge is 0.507 e. The number of aliphatic hydroxyl groups is 4. The Kier molecular flexibility index (Phi) is 7.14. The van der Waals surface area contributed by atoms with Gasteiger partial charge in [0, 0.05) is 17.6 Å². The maximum absolute atomic E-state index is 13.7. The average molecular weight is 521 g/mol. The lowest BCUT2D eigenvalue weighted by Gasteiger charge is -2.40. The molecule has 0 spiro atoms. The summed E-state index contributed by atoms with van der Waals surface area (Å²) in [4.78, 5) is 13.7. The molecule has 0 bridgehead atoms. The molecule has 1 aromatic heterocycles. The van der Waals surface area contributed by atoms with Crippen LogP contribution in [0.3, 0.4) is 0 Å². The van der Waals surface area contributed by atoms with Crippen LogP contribution in [0.4, 0.5) is 11.4 Å². The third-order valence-corrected chi connectivity index (χ3v) is 6.27. The summed E-state index contributed by atoms with van der Waals surface area (Å²) in [5, 5.41) is 78.3. The minimum Gasteiger partial charge on any atom is -0.507 e. The third kappa shape index (κ3) is 4.51. The quantitative estimate of drug-likeness (QED) is 0.128. The van der Waals surface area contributed by atoms with E-state index in [2.05, 4.69) is 10.6 Å². The van der Waals surface area contributed by atoms with Crippen LogP contribution < -0.4 is 16.1 Å². The van der Waals surface area contributed by atoms with Crippen LogP contribution in [-0.2, 0) is 4.74 Å². The van der Waals surface area contributed by atoms with Crippen LogP contribution in [0.25, 0.3) is 21.9 Å². The number of phenolic OH excluding ortho intramolecular Hbond substituents is 3. The molecule has 12 heteroatoms. The second kappa shape index (κ2) is 9.88. The van der Waals surface area contributed by atoms with Gasteiger partial charge in [-0.2, -0.15) is 0 Å². The molecule has 2 unspecified atom stereocenters. The second-order valence-electron chi connectivity index (χ2n) is 9.84. The number of ether oxygens (including phenoxy) is 1. The fourth-order valence-electron chi connectivity index (χ4n) is 4.56. The lowest BCUT2D eigenvalue weighted by Crippen LogP contribution is -2.55. The monoisotopic (exact) mass is 520 g/mol. The van der Waals surface area contributed by atoms with Crippen LogP contribution in [-0.4, -0.2) is 78.9 Å². The first-order valence-corrected chi connectivity index (χ1v) is 11.9. The molecule has 2 heterocycles. The van der Waals surface area contributed by atoms with E-state index in [1.54, 1.807) is 13.8 Å². The van der Waals surface area contributed by atoms with Gasteiger partial charge in [0.1, 0.15) is 47.3 Å². The molecule has 1 aliphatic heterocycles. The van der Waals surface area contributed by atoms with Gasteiger partial charge in [-0.3, -0.25) is 4.79 Å². The highest BCUT2D eigenvalue weighted by Crippen LogP contribution is 2.45. The van der Waals surface area contributed by atoms with E-state index >= 15 is 0 Å². The van der Waals surface area contributed by atoms with Crippen LogP contribution in [0.2, 0.25) is 0 Å². The van der Waals surface area contributed by atoms with Gasteiger partial charge in [0.05, 0.1) is 17.7 Å². The van der Waals surface area contributed by atoms with E-state index in [9.17, 15) is 40.5 Å². The molecule has 1 saturated heterocycles. The molecule has 5 atom stereocenters. The van der Waals surface area contributed by atoms with Gasteiger partial charge in [-0.1, -0.05) is 0 Å². The van der Waals surface area contributed by atoms with Gasteiger partial charge < -0.3 is 55.5 Å². The molecule has 1 fully saturated rings. The predicted molar refractivity (Wildman–Crippen MR) is 135 cm³/mol. The molecule has 1 aliphatic rings. The number of rotatable bonds is 6. The molecule has 9 N–H and O–H groups in total.